The van der Waals surface area contributed by atoms with Crippen LogP contribution < -0.4 is 17.2 Å². The third kappa shape index (κ3) is 4.95. The van der Waals surface area contributed by atoms with Gasteiger partial charge in [-0.1, -0.05) is 24.3 Å². The van der Waals surface area contributed by atoms with Gasteiger partial charge in [0.1, 0.15) is 0 Å². The van der Waals surface area contributed by atoms with Crippen molar-refractivity contribution >= 4 is 5.97 Å². The predicted molar refractivity (Wildman–Crippen MR) is 66.3 cm³/mol. The topological polar surface area (TPSA) is 115 Å². The summed E-state index contributed by atoms with van der Waals surface area (Å²) in [6, 6.07) is 7.29. The molecule has 5 heteroatoms. The van der Waals surface area contributed by atoms with Gasteiger partial charge in [-0.3, -0.25) is 4.79 Å². The highest BCUT2D eigenvalue weighted by atomic mass is 16.4. The normalized spacial score (nSPS) is 11.5. The van der Waals surface area contributed by atoms with Crippen molar-refractivity contribution < 1.29 is 9.90 Å². The van der Waals surface area contributed by atoms with Crippen LogP contribution in [0.25, 0.3) is 0 Å². The van der Waals surface area contributed by atoms with Crippen LogP contribution in [0.1, 0.15) is 17.5 Å². The lowest BCUT2D eigenvalue weighted by Gasteiger charge is -2.24. The van der Waals surface area contributed by atoms with Crippen LogP contribution in [0.2, 0.25) is 0 Å². The maximum Gasteiger partial charge on any atom is 0.307 e. The molecule has 1 rings (SSSR count). The van der Waals surface area contributed by atoms with E-state index in [1.807, 2.05) is 18.2 Å². The van der Waals surface area contributed by atoms with Gasteiger partial charge in [0.25, 0.3) is 0 Å². The largest absolute Gasteiger partial charge is 0.481 e. The van der Waals surface area contributed by atoms with E-state index in [-0.39, 0.29) is 6.42 Å². The Balaban J connectivity index is 2.74. The van der Waals surface area contributed by atoms with Crippen LogP contribution in [0.4, 0.5) is 0 Å². The van der Waals surface area contributed by atoms with E-state index in [9.17, 15) is 4.79 Å². The standard InChI is InChI=1S/C12H19N3O2/c13-5-4-12(14,15)8-10-3-1-2-9(6-10)7-11(16)17/h1-3,6H,4-5,7-8,13-15H2,(H,16,17). The summed E-state index contributed by atoms with van der Waals surface area (Å²) in [5.41, 5.74) is 18.1. The molecular formula is C12H19N3O2. The Morgan fingerprint density at radius 1 is 1.29 bits per heavy atom. The average molecular weight is 237 g/mol. The van der Waals surface area contributed by atoms with Crippen molar-refractivity contribution in [3.05, 3.63) is 35.4 Å². The Kier molecular flexibility index (Phi) is 4.62. The molecule has 0 amide bonds. The van der Waals surface area contributed by atoms with Crippen molar-refractivity contribution in [2.75, 3.05) is 6.54 Å². The molecular weight excluding hydrogens is 218 g/mol. The van der Waals surface area contributed by atoms with Crippen LogP contribution in [-0.2, 0) is 17.6 Å². The van der Waals surface area contributed by atoms with E-state index in [4.69, 9.17) is 22.3 Å². The third-order valence-corrected chi connectivity index (χ3v) is 2.49. The van der Waals surface area contributed by atoms with E-state index in [1.54, 1.807) is 6.07 Å². The first-order valence-electron chi connectivity index (χ1n) is 5.50. The van der Waals surface area contributed by atoms with E-state index >= 15 is 0 Å². The maximum absolute atomic E-state index is 10.6. The molecule has 0 atom stereocenters. The Morgan fingerprint density at radius 3 is 2.53 bits per heavy atom. The quantitative estimate of drug-likeness (QED) is 0.512. The third-order valence-electron chi connectivity index (χ3n) is 2.49. The first-order chi connectivity index (χ1) is 7.93. The van der Waals surface area contributed by atoms with Crippen molar-refractivity contribution in [3.63, 3.8) is 0 Å². The Morgan fingerprint density at radius 2 is 1.94 bits per heavy atom. The molecule has 0 spiro atoms. The molecule has 1 aromatic rings. The molecule has 0 radical (unpaired) electrons. The summed E-state index contributed by atoms with van der Waals surface area (Å²) in [6.45, 7) is 0.432. The molecule has 0 heterocycles. The molecule has 7 N–H and O–H groups in total. The highest BCUT2D eigenvalue weighted by molar-refractivity contribution is 5.70. The summed E-state index contributed by atoms with van der Waals surface area (Å²) < 4.78 is 0. The van der Waals surface area contributed by atoms with E-state index in [1.165, 1.54) is 0 Å². The summed E-state index contributed by atoms with van der Waals surface area (Å²) in [5.74, 6) is -0.851. The lowest BCUT2D eigenvalue weighted by atomic mass is 9.96. The molecule has 0 saturated carbocycles. The molecule has 5 nitrogen and oxygen atoms in total. The van der Waals surface area contributed by atoms with Gasteiger partial charge >= 0.3 is 5.97 Å². The van der Waals surface area contributed by atoms with E-state index in [0.717, 1.165) is 11.1 Å². The van der Waals surface area contributed by atoms with Crippen molar-refractivity contribution in [2.45, 2.75) is 24.9 Å². The Hall–Kier alpha value is -1.43. The second kappa shape index (κ2) is 5.77. The summed E-state index contributed by atoms with van der Waals surface area (Å²) >= 11 is 0. The molecule has 0 aliphatic carbocycles. The van der Waals surface area contributed by atoms with Crippen LogP contribution in [-0.4, -0.2) is 23.3 Å². The first-order valence-corrected chi connectivity index (χ1v) is 5.50. The fraction of sp³-hybridized carbons (Fsp3) is 0.417. The second-order valence-corrected chi connectivity index (χ2v) is 4.34. The van der Waals surface area contributed by atoms with E-state index < -0.39 is 11.6 Å². The molecule has 0 bridgehead atoms. The van der Waals surface area contributed by atoms with Gasteiger partial charge < -0.3 is 22.3 Å². The molecule has 1 aromatic carbocycles. The van der Waals surface area contributed by atoms with Crippen molar-refractivity contribution in [1.82, 2.24) is 0 Å². The summed E-state index contributed by atoms with van der Waals surface area (Å²) in [7, 11) is 0. The van der Waals surface area contributed by atoms with Crippen molar-refractivity contribution in [3.8, 4) is 0 Å². The van der Waals surface area contributed by atoms with Gasteiger partial charge in [-0.15, -0.1) is 0 Å². The fourth-order valence-corrected chi connectivity index (χ4v) is 1.76. The molecule has 0 unspecified atom stereocenters. The van der Waals surface area contributed by atoms with Crippen LogP contribution in [0.15, 0.2) is 24.3 Å². The molecule has 0 aromatic heterocycles. The number of nitrogens with two attached hydrogens (primary N) is 3. The molecule has 0 aliphatic rings. The number of hydrogen-bond acceptors (Lipinski definition) is 4. The van der Waals surface area contributed by atoms with Crippen LogP contribution in [0, 0.1) is 0 Å². The minimum atomic E-state index is -0.851. The van der Waals surface area contributed by atoms with Gasteiger partial charge in [0.2, 0.25) is 0 Å². The van der Waals surface area contributed by atoms with Crippen LogP contribution in [0.3, 0.4) is 0 Å². The summed E-state index contributed by atoms with van der Waals surface area (Å²) in [4.78, 5) is 10.6. The average Bonchev–Trinajstić information content (AvgIpc) is 2.15. The molecule has 17 heavy (non-hydrogen) atoms. The highest BCUT2D eigenvalue weighted by Gasteiger charge is 2.18. The zero-order valence-electron chi connectivity index (χ0n) is 9.73. The molecule has 0 aliphatic heterocycles. The Bertz CT molecular complexity index is 391. The summed E-state index contributed by atoms with van der Waals surface area (Å²) in [5, 5.41) is 8.71. The summed E-state index contributed by atoms with van der Waals surface area (Å²) in [6.07, 6.45) is 1.01. The zero-order chi connectivity index (χ0) is 12.9. The lowest BCUT2D eigenvalue weighted by Crippen LogP contribution is -2.52. The van der Waals surface area contributed by atoms with Gasteiger partial charge in [-0.2, -0.15) is 0 Å². The number of carboxylic acid groups (broad SMARTS) is 1. The lowest BCUT2D eigenvalue weighted by molar-refractivity contribution is -0.136. The van der Waals surface area contributed by atoms with E-state index in [0.29, 0.717) is 19.4 Å². The maximum atomic E-state index is 10.6. The van der Waals surface area contributed by atoms with Crippen LogP contribution in [0.5, 0.6) is 0 Å². The SMILES string of the molecule is NCCC(N)(N)Cc1cccc(CC(=O)O)c1. The number of carboxylic acids is 1. The van der Waals surface area contributed by atoms with Crippen molar-refractivity contribution in [2.24, 2.45) is 17.2 Å². The first kappa shape index (κ1) is 13.6. The second-order valence-electron chi connectivity index (χ2n) is 4.34. The number of benzene rings is 1. The molecule has 0 fully saturated rings. The van der Waals surface area contributed by atoms with Gasteiger partial charge in [0.15, 0.2) is 0 Å². The highest BCUT2D eigenvalue weighted by Crippen LogP contribution is 2.12. The van der Waals surface area contributed by atoms with E-state index in [2.05, 4.69) is 0 Å². The predicted octanol–water partition coefficient (Wildman–Crippen LogP) is -0.181. The molecule has 0 saturated heterocycles. The smallest absolute Gasteiger partial charge is 0.307 e. The van der Waals surface area contributed by atoms with Crippen molar-refractivity contribution in [1.29, 1.82) is 0 Å². The fourth-order valence-electron chi connectivity index (χ4n) is 1.76. The number of aliphatic carboxylic acids is 1. The molecule has 94 valence electrons. The van der Waals surface area contributed by atoms with Gasteiger partial charge in [0, 0.05) is 6.42 Å². The Labute approximate surface area is 101 Å². The minimum Gasteiger partial charge on any atom is -0.481 e. The number of rotatable bonds is 6. The number of hydrogen-bond donors (Lipinski definition) is 4. The monoisotopic (exact) mass is 237 g/mol. The number of carbonyl (C=O) groups is 1. The van der Waals surface area contributed by atoms with Gasteiger partial charge in [0.05, 0.1) is 12.1 Å². The van der Waals surface area contributed by atoms with Gasteiger partial charge in [-0.25, -0.2) is 0 Å². The van der Waals surface area contributed by atoms with Crippen LogP contribution >= 0.6 is 0 Å². The minimum absolute atomic E-state index is 0.00682. The zero-order valence-corrected chi connectivity index (χ0v) is 9.73. The van der Waals surface area contributed by atoms with Gasteiger partial charge in [-0.05, 0) is 24.1 Å².